The van der Waals surface area contributed by atoms with Crippen LogP contribution in [0.1, 0.15) is 24.9 Å². The van der Waals surface area contributed by atoms with Gasteiger partial charge in [0, 0.05) is 24.4 Å². The Morgan fingerprint density at radius 2 is 2.16 bits per heavy atom. The van der Waals surface area contributed by atoms with Crippen molar-refractivity contribution < 1.29 is 4.74 Å². The highest BCUT2D eigenvalue weighted by Crippen LogP contribution is 2.26. The Balaban J connectivity index is 2.94. The van der Waals surface area contributed by atoms with Crippen molar-refractivity contribution in [3.63, 3.8) is 0 Å². The second-order valence-electron chi connectivity index (χ2n) is 4.77. The van der Waals surface area contributed by atoms with Gasteiger partial charge in [0.1, 0.15) is 5.75 Å². The Morgan fingerprint density at radius 1 is 1.42 bits per heavy atom. The highest BCUT2D eigenvalue weighted by molar-refractivity contribution is 7.98. The van der Waals surface area contributed by atoms with Crippen LogP contribution in [0.3, 0.4) is 0 Å². The van der Waals surface area contributed by atoms with Gasteiger partial charge in [-0.25, -0.2) is 0 Å². The summed E-state index contributed by atoms with van der Waals surface area (Å²) in [4.78, 5) is 2.35. The van der Waals surface area contributed by atoms with E-state index in [0.717, 1.165) is 24.5 Å². The predicted molar refractivity (Wildman–Crippen MR) is 85.0 cm³/mol. The number of rotatable bonds is 8. The van der Waals surface area contributed by atoms with Crippen LogP contribution in [0.2, 0.25) is 0 Å². The molecule has 1 aromatic carbocycles. The third kappa shape index (κ3) is 4.71. The van der Waals surface area contributed by atoms with Crippen LogP contribution >= 0.6 is 11.8 Å². The topological polar surface area (TPSA) is 38.5 Å². The second kappa shape index (κ2) is 8.46. The molecule has 0 spiro atoms. The molecule has 2 atom stereocenters. The lowest BCUT2D eigenvalue weighted by Gasteiger charge is -2.32. The number of hydrogen-bond acceptors (Lipinski definition) is 4. The number of nitrogens with two attached hydrogens (primary N) is 1. The minimum Gasteiger partial charge on any atom is -0.497 e. The van der Waals surface area contributed by atoms with Crippen molar-refractivity contribution in [2.75, 3.05) is 32.7 Å². The molecule has 2 N–H and O–H groups in total. The van der Waals surface area contributed by atoms with Crippen molar-refractivity contribution in [2.45, 2.75) is 25.4 Å². The van der Waals surface area contributed by atoms with Gasteiger partial charge < -0.3 is 10.5 Å². The van der Waals surface area contributed by atoms with E-state index in [-0.39, 0.29) is 12.1 Å². The minimum absolute atomic E-state index is 0.138. The molecule has 0 saturated heterocycles. The van der Waals surface area contributed by atoms with E-state index in [1.165, 1.54) is 5.56 Å². The van der Waals surface area contributed by atoms with Crippen LogP contribution in [0.5, 0.6) is 5.75 Å². The minimum atomic E-state index is 0.138. The van der Waals surface area contributed by atoms with Crippen molar-refractivity contribution in [2.24, 2.45) is 5.73 Å². The third-order valence-corrected chi connectivity index (χ3v) is 4.03. The maximum Gasteiger partial charge on any atom is 0.119 e. The number of hydrogen-bond donors (Lipinski definition) is 1. The Labute approximate surface area is 121 Å². The van der Waals surface area contributed by atoms with Gasteiger partial charge in [-0.1, -0.05) is 19.1 Å². The molecule has 2 unspecified atom stereocenters. The smallest absolute Gasteiger partial charge is 0.119 e. The van der Waals surface area contributed by atoms with Crippen LogP contribution in [0.4, 0.5) is 0 Å². The first-order valence-corrected chi connectivity index (χ1v) is 8.12. The van der Waals surface area contributed by atoms with Crippen LogP contribution in [0.15, 0.2) is 24.3 Å². The summed E-state index contributed by atoms with van der Waals surface area (Å²) < 4.78 is 5.32. The lowest BCUT2D eigenvalue weighted by atomic mass is 9.96. The molecule has 108 valence electrons. The molecule has 19 heavy (non-hydrogen) atoms. The van der Waals surface area contributed by atoms with Crippen LogP contribution in [-0.4, -0.2) is 43.7 Å². The zero-order valence-electron chi connectivity index (χ0n) is 12.4. The molecule has 0 aromatic heterocycles. The summed E-state index contributed by atoms with van der Waals surface area (Å²) in [6, 6.07) is 8.62. The fourth-order valence-corrected chi connectivity index (χ4v) is 2.72. The molecule has 4 heteroatoms. The quantitative estimate of drug-likeness (QED) is 0.796. The highest BCUT2D eigenvalue weighted by Gasteiger charge is 2.23. The first-order valence-electron chi connectivity index (χ1n) is 6.72. The first-order chi connectivity index (χ1) is 9.13. The van der Waals surface area contributed by atoms with E-state index in [1.54, 1.807) is 7.11 Å². The second-order valence-corrected chi connectivity index (χ2v) is 5.75. The van der Waals surface area contributed by atoms with Crippen LogP contribution in [-0.2, 0) is 0 Å². The Bertz CT molecular complexity index is 373. The molecule has 0 saturated carbocycles. The maximum atomic E-state index is 6.32. The normalized spacial score (nSPS) is 14.4. The molecule has 0 aliphatic carbocycles. The highest BCUT2D eigenvalue weighted by atomic mass is 32.2. The molecule has 1 aromatic rings. The van der Waals surface area contributed by atoms with Gasteiger partial charge in [0.25, 0.3) is 0 Å². The van der Waals surface area contributed by atoms with Crippen molar-refractivity contribution in [3.8, 4) is 5.75 Å². The first kappa shape index (κ1) is 16.3. The molecule has 0 fully saturated rings. The summed E-state index contributed by atoms with van der Waals surface area (Å²) in [6.45, 7) is 3.18. The number of thioether (sulfide) groups is 1. The fraction of sp³-hybridized carbons (Fsp3) is 0.600. The summed E-state index contributed by atoms with van der Waals surface area (Å²) in [7, 11) is 3.85. The van der Waals surface area contributed by atoms with E-state index in [0.29, 0.717) is 0 Å². The van der Waals surface area contributed by atoms with Gasteiger partial charge in [-0.15, -0.1) is 0 Å². The fourth-order valence-electron chi connectivity index (χ4n) is 2.25. The Kier molecular flexibility index (Phi) is 7.28. The van der Waals surface area contributed by atoms with Crippen molar-refractivity contribution in [1.82, 2.24) is 4.90 Å². The molecule has 0 aliphatic rings. The summed E-state index contributed by atoms with van der Waals surface area (Å²) in [5.74, 6) is 2.01. The van der Waals surface area contributed by atoms with Gasteiger partial charge in [-0.3, -0.25) is 4.90 Å². The summed E-state index contributed by atoms with van der Waals surface area (Å²) in [6.07, 6.45) is 3.10. The number of methoxy groups -OCH3 is 1. The van der Waals surface area contributed by atoms with Crippen LogP contribution < -0.4 is 10.5 Å². The van der Waals surface area contributed by atoms with Crippen molar-refractivity contribution in [3.05, 3.63) is 29.8 Å². The number of ether oxygens (including phenoxy) is 1. The standard InChI is InChI=1S/C15H26N2OS/c1-5-14(16)15(17(2)9-10-19-4)12-7-6-8-13(11-12)18-3/h6-8,11,14-15H,5,9-10,16H2,1-4H3. The van der Waals surface area contributed by atoms with Gasteiger partial charge in [-0.2, -0.15) is 11.8 Å². The lowest BCUT2D eigenvalue weighted by Crippen LogP contribution is -2.39. The largest absolute Gasteiger partial charge is 0.497 e. The van der Waals surface area contributed by atoms with Crippen LogP contribution in [0.25, 0.3) is 0 Å². The molecule has 0 bridgehead atoms. The molecule has 3 nitrogen and oxygen atoms in total. The van der Waals surface area contributed by atoms with E-state index in [2.05, 4.69) is 37.3 Å². The van der Waals surface area contributed by atoms with Crippen molar-refractivity contribution in [1.29, 1.82) is 0 Å². The lowest BCUT2D eigenvalue weighted by molar-refractivity contribution is 0.221. The molecule has 0 radical (unpaired) electrons. The van der Waals surface area contributed by atoms with E-state index in [9.17, 15) is 0 Å². The summed E-state index contributed by atoms with van der Waals surface area (Å²) in [5, 5.41) is 0. The maximum absolute atomic E-state index is 6.32. The van der Waals surface area contributed by atoms with Gasteiger partial charge in [0.05, 0.1) is 7.11 Å². The summed E-state index contributed by atoms with van der Waals surface area (Å²) >= 11 is 1.86. The molecule has 0 amide bonds. The van der Waals surface area contributed by atoms with Crippen LogP contribution in [0, 0.1) is 0 Å². The van der Waals surface area contributed by atoms with Gasteiger partial charge in [0.2, 0.25) is 0 Å². The van der Waals surface area contributed by atoms with E-state index in [1.807, 2.05) is 23.9 Å². The number of benzene rings is 1. The summed E-state index contributed by atoms with van der Waals surface area (Å²) in [5.41, 5.74) is 7.56. The van der Waals surface area contributed by atoms with Crippen molar-refractivity contribution >= 4 is 11.8 Å². The number of likely N-dealkylation sites (N-methyl/N-ethyl adjacent to an activating group) is 1. The average Bonchev–Trinajstić information content (AvgIpc) is 2.45. The average molecular weight is 282 g/mol. The molecule has 0 heterocycles. The Morgan fingerprint density at radius 3 is 2.74 bits per heavy atom. The molecule has 1 rings (SSSR count). The number of nitrogens with zero attached hydrogens (tertiary/aromatic N) is 1. The van der Waals surface area contributed by atoms with E-state index < -0.39 is 0 Å². The monoisotopic (exact) mass is 282 g/mol. The van der Waals surface area contributed by atoms with Gasteiger partial charge in [0.15, 0.2) is 0 Å². The Hall–Kier alpha value is -0.710. The van der Waals surface area contributed by atoms with Gasteiger partial charge >= 0.3 is 0 Å². The molecular weight excluding hydrogens is 256 g/mol. The van der Waals surface area contributed by atoms with E-state index >= 15 is 0 Å². The zero-order valence-corrected chi connectivity index (χ0v) is 13.2. The predicted octanol–water partition coefficient (Wildman–Crippen LogP) is 2.77. The van der Waals surface area contributed by atoms with E-state index in [4.69, 9.17) is 10.5 Å². The molecular formula is C15H26N2OS. The SMILES string of the molecule is CCC(N)C(c1cccc(OC)c1)N(C)CCSC. The zero-order chi connectivity index (χ0) is 14.3. The third-order valence-electron chi connectivity index (χ3n) is 3.44. The van der Waals surface area contributed by atoms with Gasteiger partial charge in [-0.05, 0) is 37.4 Å². The molecule has 0 aliphatic heterocycles.